The maximum Gasteiger partial charge on any atom is 0.268 e. The van der Waals surface area contributed by atoms with Gasteiger partial charge in [-0.2, -0.15) is 0 Å². The summed E-state index contributed by atoms with van der Waals surface area (Å²) in [4.78, 5) is 18.4. The number of aromatic nitrogens is 1. The summed E-state index contributed by atoms with van der Waals surface area (Å²) < 4.78 is 20.0. The summed E-state index contributed by atoms with van der Waals surface area (Å²) in [5.41, 5.74) is 5.67. The Morgan fingerprint density at radius 1 is 0.648 bits per heavy atom. The zero-order chi connectivity index (χ0) is 36.8. The summed E-state index contributed by atoms with van der Waals surface area (Å²) in [5, 5.41) is 6.92. The third-order valence-electron chi connectivity index (χ3n) is 9.90. The highest BCUT2D eigenvalue weighted by Crippen LogP contribution is 2.70. The van der Waals surface area contributed by atoms with Crippen molar-refractivity contribution in [3.8, 4) is 28.0 Å². The molecule has 1 unspecified atom stereocenters. The Hall–Kier alpha value is -5.29. The van der Waals surface area contributed by atoms with Crippen LogP contribution in [0.1, 0.15) is 41.3 Å². The molecule has 54 heavy (non-hydrogen) atoms. The molecule has 1 atom stereocenters. The van der Waals surface area contributed by atoms with Crippen molar-refractivity contribution in [3.05, 3.63) is 193 Å². The Morgan fingerprint density at radius 3 is 1.57 bits per heavy atom. The van der Waals surface area contributed by atoms with Crippen molar-refractivity contribution < 1.29 is 30.9 Å². The average molecular weight is 798 g/mol. The molecule has 0 aliphatic rings. The van der Waals surface area contributed by atoms with E-state index >= 15 is 0 Å². The van der Waals surface area contributed by atoms with E-state index < -0.39 is 7.26 Å². The fourth-order valence-corrected chi connectivity index (χ4v) is 12.9. The Bertz CT molecular complexity index is 2170. The topological polar surface area (TPSA) is 54.1 Å². The van der Waals surface area contributed by atoms with E-state index in [1.165, 1.54) is 28.0 Å². The summed E-state index contributed by atoms with van der Waals surface area (Å²) in [6.07, 6.45) is 0. The molecule has 4 nitrogen and oxygen atoms in total. The lowest BCUT2D eigenvalue weighted by atomic mass is 9.92. The number of hydrogen-bond donors (Lipinski definition) is 2. The van der Waals surface area contributed by atoms with Gasteiger partial charge in [0.05, 0.1) is 12.8 Å². The van der Waals surface area contributed by atoms with Crippen LogP contribution in [0, 0.1) is 11.7 Å². The molecule has 1 amide bonds. The highest BCUT2D eigenvalue weighted by Gasteiger charge is 2.56. The number of H-pyrrole nitrogens is 1. The number of amides is 1. The highest BCUT2D eigenvalue weighted by atomic mass is 79.9. The van der Waals surface area contributed by atoms with E-state index in [-0.39, 0.29) is 40.3 Å². The third kappa shape index (κ3) is 7.55. The molecule has 0 radical (unpaired) electrons. The first kappa shape index (κ1) is 38.4. The van der Waals surface area contributed by atoms with Crippen molar-refractivity contribution in [2.45, 2.75) is 26.1 Å². The van der Waals surface area contributed by atoms with Gasteiger partial charge in [0.2, 0.25) is 0 Å². The molecule has 7 aromatic rings. The SMILES string of the molecule is COc1ccc(CNC(=O)c2[nH]c(C(C(C)C)[P+](c3ccccc3)(c3ccccc3)c3ccccc3)c(-c3ccc(F)cc3)c2-c2ccccc2)cc1.[Br-]. The van der Waals surface area contributed by atoms with Crippen LogP contribution in [0.5, 0.6) is 5.75 Å². The number of benzene rings is 6. The molecule has 272 valence electrons. The van der Waals surface area contributed by atoms with Crippen LogP contribution in [0.25, 0.3) is 22.3 Å². The molecular weight excluding hydrogens is 754 g/mol. The second kappa shape index (κ2) is 17.2. The number of methoxy groups -OCH3 is 1. The van der Waals surface area contributed by atoms with Crippen LogP contribution in [-0.4, -0.2) is 18.0 Å². The van der Waals surface area contributed by atoms with E-state index in [9.17, 15) is 9.18 Å². The number of carbonyl (C=O) groups excluding carboxylic acids is 1. The minimum Gasteiger partial charge on any atom is -1.00 e. The van der Waals surface area contributed by atoms with Crippen molar-refractivity contribution in [1.82, 2.24) is 10.3 Å². The molecule has 7 heteroatoms. The number of ether oxygens (including phenoxy) is 1. The summed E-state index contributed by atoms with van der Waals surface area (Å²) in [7, 11) is -0.910. The Kier molecular flexibility index (Phi) is 12.3. The number of halogens is 2. The number of carbonyl (C=O) groups is 1. The first-order chi connectivity index (χ1) is 25.9. The fourth-order valence-electron chi connectivity index (χ4n) is 7.63. The lowest BCUT2D eigenvalue weighted by Gasteiger charge is -2.37. The summed E-state index contributed by atoms with van der Waals surface area (Å²) >= 11 is 0. The fraction of sp³-hybridized carbons (Fsp3) is 0.128. The van der Waals surface area contributed by atoms with E-state index in [0.29, 0.717) is 12.2 Å². The number of rotatable bonds is 12. The zero-order valence-corrected chi connectivity index (χ0v) is 33.0. The van der Waals surface area contributed by atoms with Crippen LogP contribution in [0.4, 0.5) is 4.39 Å². The van der Waals surface area contributed by atoms with Gasteiger partial charge in [0.1, 0.15) is 46.1 Å². The van der Waals surface area contributed by atoms with Crippen LogP contribution in [0.15, 0.2) is 170 Å². The lowest BCUT2D eigenvalue weighted by molar-refractivity contribution is -0.0000195. The van der Waals surface area contributed by atoms with E-state index in [4.69, 9.17) is 4.74 Å². The normalized spacial score (nSPS) is 11.8. The monoisotopic (exact) mass is 796 g/mol. The Labute approximate surface area is 328 Å². The Morgan fingerprint density at radius 2 is 1.11 bits per heavy atom. The van der Waals surface area contributed by atoms with Gasteiger partial charge >= 0.3 is 0 Å². The van der Waals surface area contributed by atoms with Crippen molar-refractivity contribution >= 4 is 29.1 Å². The van der Waals surface area contributed by atoms with Crippen LogP contribution in [0.2, 0.25) is 0 Å². The largest absolute Gasteiger partial charge is 1.00 e. The van der Waals surface area contributed by atoms with Gasteiger partial charge in [-0.25, -0.2) is 4.39 Å². The number of nitrogens with one attached hydrogen (secondary N) is 2. The van der Waals surface area contributed by atoms with E-state index in [0.717, 1.165) is 39.3 Å². The van der Waals surface area contributed by atoms with Gasteiger partial charge in [0, 0.05) is 17.7 Å². The minimum absolute atomic E-state index is 0. The van der Waals surface area contributed by atoms with Gasteiger partial charge in [0.25, 0.3) is 5.91 Å². The van der Waals surface area contributed by atoms with Crippen molar-refractivity contribution in [3.63, 3.8) is 0 Å². The predicted molar refractivity (Wildman–Crippen MR) is 219 cm³/mol. The molecule has 7 rings (SSSR count). The highest BCUT2D eigenvalue weighted by molar-refractivity contribution is 7.96. The molecular formula is C47H43BrFN2O2P. The van der Waals surface area contributed by atoms with Crippen LogP contribution in [0.3, 0.4) is 0 Å². The molecule has 2 N–H and O–H groups in total. The van der Waals surface area contributed by atoms with Gasteiger partial charge in [-0.3, -0.25) is 4.79 Å². The Balaban J connectivity index is 0.00000497. The first-order valence-electron chi connectivity index (χ1n) is 18.0. The van der Waals surface area contributed by atoms with E-state index in [1.54, 1.807) is 7.11 Å². The van der Waals surface area contributed by atoms with Gasteiger partial charge in [-0.15, -0.1) is 0 Å². The molecule has 0 fully saturated rings. The second-order valence-electron chi connectivity index (χ2n) is 13.5. The van der Waals surface area contributed by atoms with Crippen molar-refractivity contribution in [2.75, 3.05) is 7.11 Å². The number of aromatic amines is 1. The van der Waals surface area contributed by atoms with Gasteiger partial charge in [-0.1, -0.05) is 123 Å². The minimum atomic E-state index is -2.55. The molecule has 0 spiro atoms. The predicted octanol–water partition coefficient (Wildman–Crippen LogP) is 7.12. The molecule has 0 saturated carbocycles. The van der Waals surface area contributed by atoms with Crippen molar-refractivity contribution in [2.24, 2.45) is 5.92 Å². The lowest BCUT2D eigenvalue weighted by Crippen LogP contribution is -3.00. The van der Waals surface area contributed by atoms with Gasteiger partial charge in [0.15, 0.2) is 0 Å². The quantitative estimate of drug-likeness (QED) is 0.130. The molecule has 0 bridgehead atoms. The van der Waals surface area contributed by atoms with E-state index in [1.807, 2.05) is 66.7 Å². The molecule has 0 saturated heterocycles. The maximum absolute atomic E-state index is 14.6. The molecule has 6 aromatic carbocycles. The van der Waals surface area contributed by atoms with Crippen LogP contribution >= 0.6 is 7.26 Å². The summed E-state index contributed by atoms with van der Waals surface area (Å²) in [6, 6.07) is 56.8. The molecule has 1 heterocycles. The van der Waals surface area contributed by atoms with Crippen molar-refractivity contribution in [1.29, 1.82) is 0 Å². The standard InChI is InChI=1S/C47H42FN2O2P.BrH/c1-33(2)46(53(39-18-10-5-11-19-39,40-20-12-6-13-21-40)41-22-14-7-15-23-41)44-42(36-26-28-37(48)29-27-36)43(35-16-8-4-9-17-35)45(50-44)47(51)49-32-34-24-30-38(52-3)31-25-34;/h4-31,33,46H,32H2,1-3H3,(H-,49,50,51);1H. The van der Waals surface area contributed by atoms with E-state index in [2.05, 4.69) is 115 Å². The summed E-state index contributed by atoms with van der Waals surface area (Å²) in [6.45, 7) is 4.88. The second-order valence-corrected chi connectivity index (χ2v) is 17.0. The molecule has 0 aliphatic carbocycles. The molecule has 1 aromatic heterocycles. The third-order valence-corrected chi connectivity index (χ3v) is 14.9. The maximum atomic E-state index is 14.6. The van der Waals surface area contributed by atoms with Gasteiger partial charge in [-0.05, 0) is 83.3 Å². The van der Waals surface area contributed by atoms with Gasteiger partial charge < -0.3 is 32.0 Å². The van der Waals surface area contributed by atoms with Crippen LogP contribution in [-0.2, 0) is 6.54 Å². The summed E-state index contributed by atoms with van der Waals surface area (Å²) in [5.74, 6) is 0.316. The smallest absolute Gasteiger partial charge is 0.268 e. The zero-order valence-electron chi connectivity index (χ0n) is 30.5. The first-order valence-corrected chi connectivity index (χ1v) is 19.8. The average Bonchev–Trinajstić information content (AvgIpc) is 3.60. The molecule has 0 aliphatic heterocycles. The number of hydrogen-bond acceptors (Lipinski definition) is 2. The van der Waals surface area contributed by atoms with Crippen LogP contribution < -0.4 is 42.9 Å².